The Labute approximate surface area is 163 Å². The molecule has 0 fully saturated rings. The fraction of sp³-hybridized carbons (Fsp3) is 0.450. The second kappa shape index (κ2) is 8.77. The summed E-state index contributed by atoms with van der Waals surface area (Å²) in [7, 11) is 0. The van der Waals surface area contributed by atoms with E-state index in [1.165, 1.54) is 11.1 Å². The molecular weight excluding hydrogens is 364 g/mol. The number of carbonyl (C=O) groups excluding carboxylic acids is 3. The van der Waals surface area contributed by atoms with Crippen LogP contribution in [0.5, 0.6) is 5.75 Å². The van der Waals surface area contributed by atoms with Crippen molar-refractivity contribution in [1.29, 1.82) is 0 Å². The standard InChI is InChI=1S/C20H24N2O6/c1-3-26-19(24)18-12(2)21-20(25)22-16(18)10-28-17(23)11-27-15-8-7-13-5-4-6-14(13)9-15/h7-9,12H,3-6,10-11H2,1-2H3,(H2,21,22,25)/t12-/m1/s1. The maximum Gasteiger partial charge on any atom is 0.344 e. The Morgan fingerprint density at radius 3 is 2.75 bits per heavy atom. The first kappa shape index (κ1) is 19.7. The lowest BCUT2D eigenvalue weighted by atomic mass is 10.0. The number of esters is 2. The lowest BCUT2D eigenvalue weighted by molar-refractivity contribution is -0.145. The van der Waals surface area contributed by atoms with Crippen LogP contribution >= 0.6 is 0 Å². The number of carbonyl (C=O) groups is 3. The molecule has 2 N–H and O–H groups in total. The molecule has 8 nitrogen and oxygen atoms in total. The van der Waals surface area contributed by atoms with Crippen molar-refractivity contribution in [1.82, 2.24) is 10.6 Å². The molecule has 0 saturated heterocycles. The topological polar surface area (TPSA) is 103 Å². The first-order valence-corrected chi connectivity index (χ1v) is 9.35. The predicted octanol–water partition coefficient (Wildman–Crippen LogP) is 1.62. The summed E-state index contributed by atoms with van der Waals surface area (Å²) in [5, 5.41) is 5.08. The van der Waals surface area contributed by atoms with E-state index < -0.39 is 24.0 Å². The zero-order chi connectivity index (χ0) is 20.1. The lowest BCUT2D eigenvalue weighted by Crippen LogP contribution is -2.50. The third kappa shape index (κ3) is 4.62. The normalized spacial score (nSPS) is 18.1. The Bertz CT molecular complexity index is 817. The first-order chi connectivity index (χ1) is 13.5. The molecule has 1 atom stereocenters. The van der Waals surface area contributed by atoms with Gasteiger partial charge in [0.1, 0.15) is 12.4 Å². The quantitative estimate of drug-likeness (QED) is 0.688. The Balaban J connectivity index is 1.58. The van der Waals surface area contributed by atoms with E-state index in [-0.39, 0.29) is 31.1 Å². The van der Waals surface area contributed by atoms with Gasteiger partial charge in [0.15, 0.2) is 6.61 Å². The molecule has 2 amide bonds. The smallest absolute Gasteiger partial charge is 0.344 e. The summed E-state index contributed by atoms with van der Waals surface area (Å²) in [5.41, 5.74) is 3.01. The van der Waals surface area contributed by atoms with Crippen LogP contribution in [0.3, 0.4) is 0 Å². The maximum atomic E-state index is 12.1. The zero-order valence-electron chi connectivity index (χ0n) is 16.0. The predicted molar refractivity (Wildman–Crippen MR) is 99.7 cm³/mol. The van der Waals surface area contributed by atoms with Gasteiger partial charge in [-0.1, -0.05) is 6.07 Å². The van der Waals surface area contributed by atoms with Crippen LogP contribution in [0.15, 0.2) is 29.5 Å². The van der Waals surface area contributed by atoms with Gasteiger partial charge in [-0.3, -0.25) is 0 Å². The molecule has 1 aliphatic carbocycles. The second-order valence-corrected chi connectivity index (χ2v) is 6.67. The van der Waals surface area contributed by atoms with E-state index in [0.29, 0.717) is 5.75 Å². The van der Waals surface area contributed by atoms with E-state index in [4.69, 9.17) is 14.2 Å². The number of ether oxygens (including phenoxy) is 3. The minimum absolute atomic E-state index is 0.199. The molecule has 0 bridgehead atoms. The van der Waals surface area contributed by atoms with E-state index in [9.17, 15) is 14.4 Å². The number of fused-ring (bicyclic) bond motifs is 1. The van der Waals surface area contributed by atoms with Gasteiger partial charge in [-0.25, -0.2) is 14.4 Å². The number of hydrogen-bond acceptors (Lipinski definition) is 6. The van der Waals surface area contributed by atoms with Crippen LogP contribution in [0.25, 0.3) is 0 Å². The van der Waals surface area contributed by atoms with Gasteiger partial charge in [-0.15, -0.1) is 0 Å². The maximum absolute atomic E-state index is 12.1. The van der Waals surface area contributed by atoms with Crippen molar-refractivity contribution in [3.63, 3.8) is 0 Å². The molecule has 0 unspecified atom stereocenters. The van der Waals surface area contributed by atoms with Crippen molar-refractivity contribution in [2.24, 2.45) is 0 Å². The Kier molecular flexibility index (Phi) is 6.18. The molecule has 8 heteroatoms. The van der Waals surface area contributed by atoms with Crippen molar-refractivity contribution in [3.8, 4) is 5.75 Å². The summed E-state index contributed by atoms with van der Waals surface area (Å²) < 4.78 is 15.7. The van der Waals surface area contributed by atoms with Crippen molar-refractivity contribution in [3.05, 3.63) is 40.6 Å². The summed E-state index contributed by atoms with van der Waals surface area (Å²) >= 11 is 0. The third-order valence-corrected chi connectivity index (χ3v) is 4.67. The number of nitrogens with one attached hydrogen (secondary N) is 2. The summed E-state index contributed by atoms with van der Waals surface area (Å²) in [6.45, 7) is 3.03. The molecule has 2 aliphatic rings. The van der Waals surface area contributed by atoms with Gasteiger partial charge >= 0.3 is 18.0 Å². The fourth-order valence-corrected chi connectivity index (χ4v) is 3.37. The van der Waals surface area contributed by atoms with Gasteiger partial charge < -0.3 is 24.8 Å². The van der Waals surface area contributed by atoms with Crippen LogP contribution in [-0.4, -0.2) is 43.8 Å². The molecule has 150 valence electrons. The zero-order valence-corrected chi connectivity index (χ0v) is 16.0. The minimum atomic E-state index is -0.600. The molecule has 0 aromatic heterocycles. The van der Waals surface area contributed by atoms with Crippen LogP contribution in [0, 0.1) is 0 Å². The largest absolute Gasteiger partial charge is 0.482 e. The van der Waals surface area contributed by atoms with Gasteiger partial charge in [-0.2, -0.15) is 0 Å². The van der Waals surface area contributed by atoms with E-state index in [0.717, 1.165) is 19.3 Å². The molecule has 0 spiro atoms. The first-order valence-electron chi connectivity index (χ1n) is 9.35. The van der Waals surface area contributed by atoms with Crippen LogP contribution < -0.4 is 15.4 Å². The Morgan fingerprint density at radius 1 is 1.18 bits per heavy atom. The van der Waals surface area contributed by atoms with Crippen LogP contribution in [0.1, 0.15) is 31.4 Å². The van der Waals surface area contributed by atoms with Crippen LogP contribution in [-0.2, 0) is 31.9 Å². The highest BCUT2D eigenvalue weighted by Crippen LogP contribution is 2.26. The van der Waals surface area contributed by atoms with Gasteiger partial charge in [0, 0.05) is 0 Å². The van der Waals surface area contributed by atoms with Crippen molar-refractivity contribution in [2.75, 3.05) is 19.8 Å². The average molecular weight is 388 g/mol. The molecule has 1 aromatic carbocycles. The number of aryl methyl sites for hydroxylation is 2. The third-order valence-electron chi connectivity index (χ3n) is 4.67. The van der Waals surface area contributed by atoms with Gasteiger partial charge in [-0.05, 0) is 56.4 Å². The van der Waals surface area contributed by atoms with E-state index in [1.54, 1.807) is 13.8 Å². The van der Waals surface area contributed by atoms with E-state index in [1.807, 2.05) is 18.2 Å². The van der Waals surface area contributed by atoms with Gasteiger partial charge in [0.25, 0.3) is 0 Å². The monoisotopic (exact) mass is 388 g/mol. The van der Waals surface area contributed by atoms with Crippen molar-refractivity contribution < 1.29 is 28.6 Å². The highest BCUT2D eigenvalue weighted by molar-refractivity contribution is 5.94. The molecule has 28 heavy (non-hydrogen) atoms. The number of urea groups is 1. The Hall–Kier alpha value is -3.03. The van der Waals surface area contributed by atoms with Gasteiger partial charge in [0.2, 0.25) is 0 Å². The van der Waals surface area contributed by atoms with Crippen LogP contribution in [0.4, 0.5) is 4.79 Å². The Morgan fingerprint density at radius 2 is 1.96 bits per heavy atom. The fourth-order valence-electron chi connectivity index (χ4n) is 3.37. The highest BCUT2D eigenvalue weighted by Gasteiger charge is 2.30. The number of hydrogen-bond donors (Lipinski definition) is 2. The highest BCUT2D eigenvalue weighted by atomic mass is 16.6. The van der Waals surface area contributed by atoms with E-state index in [2.05, 4.69) is 10.6 Å². The molecule has 1 aliphatic heterocycles. The summed E-state index contributed by atoms with van der Waals surface area (Å²) in [4.78, 5) is 35.9. The van der Waals surface area contributed by atoms with Crippen molar-refractivity contribution >= 4 is 18.0 Å². The average Bonchev–Trinajstić information content (AvgIpc) is 3.12. The molecule has 3 rings (SSSR count). The second-order valence-electron chi connectivity index (χ2n) is 6.67. The molecule has 0 saturated carbocycles. The minimum Gasteiger partial charge on any atom is -0.482 e. The lowest BCUT2D eigenvalue weighted by Gasteiger charge is -2.26. The number of rotatable bonds is 7. The van der Waals surface area contributed by atoms with Gasteiger partial charge in [0.05, 0.1) is 23.9 Å². The number of amides is 2. The molecule has 1 aromatic rings. The van der Waals surface area contributed by atoms with E-state index >= 15 is 0 Å². The van der Waals surface area contributed by atoms with Crippen molar-refractivity contribution in [2.45, 2.75) is 39.2 Å². The van der Waals surface area contributed by atoms with Crippen LogP contribution in [0.2, 0.25) is 0 Å². The molecule has 1 heterocycles. The number of benzene rings is 1. The summed E-state index contributed by atoms with van der Waals surface area (Å²) in [6, 6.07) is 4.79. The SMILES string of the molecule is CCOC(=O)C1=C(COC(=O)COc2ccc3c(c2)CCC3)NC(=O)N[C@@H]1C. The summed E-state index contributed by atoms with van der Waals surface area (Å²) in [5.74, 6) is -0.549. The summed E-state index contributed by atoms with van der Waals surface area (Å²) in [6.07, 6.45) is 3.24. The molecule has 0 radical (unpaired) electrons. The molecular formula is C20H24N2O6.